The topological polar surface area (TPSA) is 55.4 Å². The molecule has 0 aliphatic rings. The van der Waals surface area contributed by atoms with Crippen LogP contribution in [0.2, 0.25) is 10.0 Å². The Bertz CT molecular complexity index is 1060. The number of thioether (sulfide) groups is 1. The minimum absolute atomic E-state index is 0.354. The van der Waals surface area contributed by atoms with Crippen molar-refractivity contribution in [3.05, 3.63) is 99.5 Å². The molecule has 0 aromatic heterocycles. The van der Waals surface area contributed by atoms with Crippen molar-refractivity contribution in [2.45, 2.75) is 24.0 Å². The van der Waals surface area contributed by atoms with Gasteiger partial charge in [-0.15, -0.1) is 11.8 Å². The van der Waals surface area contributed by atoms with Gasteiger partial charge in [0.05, 0.1) is 16.1 Å². The number of carbonyl (C=O) groups excluding carboxylic acids is 2. The van der Waals surface area contributed by atoms with Crippen LogP contribution in [0.3, 0.4) is 0 Å². The lowest BCUT2D eigenvalue weighted by Gasteiger charge is -2.25. The van der Waals surface area contributed by atoms with Gasteiger partial charge < -0.3 is 10.1 Å². The first kappa shape index (κ1) is 23.2. The Balaban J connectivity index is 2.01. The van der Waals surface area contributed by atoms with E-state index in [0.717, 1.165) is 10.5 Å². The Hall–Kier alpha value is -2.47. The van der Waals surface area contributed by atoms with Gasteiger partial charge in [0.1, 0.15) is 0 Å². The number of nitrogens with one attached hydrogen (secondary N) is 1. The van der Waals surface area contributed by atoms with Crippen molar-refractivity contribution in [1.82, 2.24) is 5.32 Å². The molecule has 2 unspecified atom stereocenters. The molecule has 0 bridgehead atoms. The van der Waals surface area contributed by atoms with Crippen LogP contribution in [0, 0.1) is 0 Å². The van der Waals surface area contributed by atoms with Crippen LogP contribution < -0.4 is 5.32 Å². The Labute approximate surface area is 195 Å². The summed E-state index contributed by atoms with van der Waals surface area (Å²) in [5.41, 5.74) is 2.04. The minimum Gasteiger partial charge on any atom is -0.447 e. The molecule has 0 spiro atoms. The molecule has 3 aromatic rings. The van der Waals surface area contributed by atoms with Crippen LogP contribution in [-0.4, -0.2) is 18.1 Å². The number of ether oxygens (including phenoxy) is 1. The zero-order chi connectivity index (χ0) is 22.4. The molecule has 1 N–H and O–H groups in total. The zero-order valence-electron chi connectivity index (χ0n) is 17.0. The summed E-state index contributed by atoms with van der Waals surface area (Å²) in [5, 5.41) is 3.73. The SMILES string of the molecule is CSc1ccc(C(NC(=O)C(OC(C)=O)c2ccccc2)c2cccc(Cl)c2Cl)cc1. The van der Waals surface area contributed by atoms with E-state index in [4.69, 9.17) is 27.9 Å². The summed E-state index contributed by atoms with van der Waals surface area (Å²) in [6, 6.07) is 21.4. The third-order valence-electron chi connectivity index (χ3n) is 4.65. The van der Waals surface area contributed by atoms with E-state index in [1.165, 1.54) is 6.92 Å². The van der Waals surface area contributed by atoms with Crippen molar-refractivity contribution in [2.24, 2.45) is 0 Å². The lowest BCUT2D eigenvalue weighted by atomic mass is 9.97. The molecule has 0 radical (unpaired) electrons. The van der Waals surface area contributed by atoms with Crippen molar-refractivity contribution in [3.63, 3.8) is 0 Å². The van der Waals surface area contributed by atoms with Crippen molar-refractivity contribution >= 4 is 46.8 Å². The van der Waals surface area contributed by atoms with E-state index in [9.17, 15) is 9.59 Å². The van der Waals surface area contributed by atoms with E-state index in [-0.39, 0.29) is 0 Å². The predicted molar refractivity (Wildman–Crippen MR) is 126 cm³/mol. The Morgan fingerprint density at radius 1 is 0.903 bits per heavy atom. The van der Waals surface area contributed by atoms with Crippen LogP contribution in [0.25, 0.3) is 0 Å². The fourth-order valence-corrected chi connectivity index (χ4v) is 3.99. The molecule has 31 heavy (non-hydrogen) atoms. The van der Waals surface area contributed by atoms with Crippen molar-refractivity contribution in [3.8, 4) is 0 Å². The number of hydrogen-bond acceptors (Lipinski definition) is 4. The van der Waals surface area contributed by atoms with Gasteiger partial charge in [-0.1, -0.05) is 77.8 Å². The first-order chi connectivity index (χ1) is 14.9. The molecule has 0 saturated heterocycles. The monoisotopic (exact) mass is 473 g/mol. The van der Waals surface area contributed by atoms with Gasteiger partial charge in [-0.3, -0.25) is 9.59 Å². The Kier molecular flexibility index (Phi) is 8.02. The average molecular weight is 474 g/mol. The fraction of sp³-hybridized carbons (Fsp3) is 0.167. The van der Waals surface area contributed by atoms with E-state index in [2.05, 4.69) is 5.32 Å². The third kappa shape index (κ3) is 5.82. The summed E-state index contributed by atoms with van der Waals surface area (Å²) in [5.74, 6) is -1.01. The maximum absolute atomic E-state index is 13.3. The lowest BCUT2D eigenvalue weighted by molar-refractivity contribution is -0.154. The van der Waals surface area contributed by atoms with Crippen LogP contribution in [0.4, 0.5) is 0 Å². The number of amides is 1. The zero-order valence-corrected chi connectivity index (χ0v) is 19.3. The van der Waals surface area contributed by atoms with E-state index >= 15 is 0 Å². The summed E-state index contributed by atoms with van der Waals surface area (Å²) >= 11 is 14.3. The minimum atomic E-state index is -1.09. The van der Waals surface area contributed by atoms with Crippen LogP contribution >= 0.6 is 35.0 Å². The number of rotatable bonds is 7. The van der Waals surface area contributed by atoms with Crippen LogP contribution in [0.1, 0.15) is 35.8 Å². The second-order valence-electron chi connectivity index (χ2n) is 6.76. The second kappa shape index (κ2) is 10.7. The van der Waals surface area contributed by atoms with Gasteiger partial charge in [0, 0.05) is 17.4 Å². The predicted octanol–water partition coefficient (Wildman–Crippen LogP) is 6.23. The molecule has 3 rings (SSSR count). The molecule has 3 aromatic carbocycles. The molecule has 7 heteroatoms. The second-order valence-corrected chi connectivity index (χ2v) is 8.42. The quantitative estimate of drug-likeness (QED) is 0.326. The van der Waals surface area contributed by atoms with Gasteiger partial charge in [-0.25, -0.2) is 0 Å². The average Bonchev–Trinajstić information content (AvgIpc) is 2.78. The Morgan fingerprint density at radius 2 is 1.58 bits per heavy atom. The van der Waals surface area contributed by atoms with Gasteiger partial charge in [-0.2, -0.15) is 0 Å². The molecule has 1 amide bonds. The summed E-state index contributed by atoms with van der Waals surface area (Å²) in [6.07, 6.45) is 0.899. The van der Waals surface area contributed by atoms with Gasteiger partial charge in [0.25, 0.3) is 5.91 Å². The molecule has 0 aliphatic heterocycles. The highest BCUT2D eigenvalue weighted by Gasteiger charge is 2.28. The standard InChI is InChI=1S/C24H21Cl2NO3S/c1-15(28)30-23(17-7-4-3-5-8-17)24(29)27-22(16-11-13-18(31-2)14-12-16)19-9-6-10-20(25)21(19)26/h3-14,22-23H,1-2H3,(H,27,29). The van der Waals surface area contributed by atoms with Crippen molar-refractivity contribution in [2.75, 3.05) is 6.26 Å². The van der Waals surface area contributed by atoms with E-state index < -0.39 is 24.0 Å². The molecule has 160 valence electrons. The summed E-state index contributed by atoms with van der Waals surface area (Å²) in [7, 11) is 0. The smallest absolute Gasteiger partial charge is 0.303 e. The van der Waals surface area contributed by atoms with Crippen molar-refractivity contribution < 1.29 is 14.3 Å². The highest BCUT2D eigenvalue weighted by Crippen LogP contribution is 2.34. The van der Waals surface area contributed by atoms with E-state index in [0.29, 0.717) is 21.2 Å². The molecule has 4 nitrogen and oxygen atoms in total. The van der Waals surface area contributed by atoms with E-state index in [1.54, 1.807) is 48.2 Å². The van der Waals surface area contributed by atoms with E-state index in [1.807, 2.05) is 42.7 Å². The largest absolute Gasteiger partial charge is 0.447 e. The molecule has 2 atom stereocenters. The molecular weight excluding hydrogens is 453 g/mol. The first-order valence-electron chi connectivity index (χ1n) is 9.51. The molecular formula is C24H21Cl2NO3S. The van der Waals surface area contributed by atoms with Gasteiger partial charge in [-0.05, 0) is 35.6 Å². The molecule has 0 heterocycles. The lowest BCUT2D eigenvalue weighted by Crippen LogP contribution is -2.35. The highest BCUT2D eigenvalue weighted by molar-refractivity contribution is 7.98. The summed E-state index contributed by atoms with van der Waals surface area (Å²) < 4.78 is 5.35. The fourth-order valence-electron chi connectivity index (χ4n) is 3.17. The maximum Gasteiger partial charge on any atom is 0.303 e. The normalized spacial score (nSPS) is 12.6. The highest BCUT2D eigenvalue weighted by atomic mass is 35.5. The van der Waals surface area contributed by atoms with Crippen molar-refractivity contribution in [1.29, 1.82) is 0 Å². The van der Waals surface area contributed by atoms with Crippen LogP contribution in [0.15, 0.2) is 77.7 Å². The summed E-state index contributed by atoms with van der Waals surface area (Å²) in [4.78, 5) is 26.1. The summed E-state index contributed by atoms with van der Waals surface area (Å²) in [6.45, 7) is 1.27. The first-order valence-corrected chi connectivity index (χ1v) is 11.5. The Morgan fingerprint density at radius 3 is 2.19 bits per heavy atom. The molecule has 0 saturated carbocycles. The number of benzene rings is 3. The van der Waals surface area contributed by atoms with Crippen LogP contribution in [0.5, 0.6) is 0 Å². The van der Waals surface area contributed by atoms with Gasteiger partial charge >= 0.3 is 5.97 Å². The molecule has 0 fully saturated rings. The van der Waals surface area contributed by atoms with Gasteiger partial charge in [0.15, 0.2) is 0 Å². The third-order valence-corrected chi connectivity index (χ3v) is 6.23. The van der Waals surface area contributed by atoms with Gasteiger partial charge in [0.2, 0.25) is 6.10 Å². The number of carbonyl (C=O) groups is 2. The molecule has 0 aliphatic carbocycles. The number of esters is 1. The number of hydrogen-bond donors (Lipinski definition) is 1. The van der Waals surface area contributed by atoms with Crippen LogP contribution in [-0.2, 0) is 14.3 Å². The maximum atomic E-state index is 13.3. The number of halogens is 2.